The first kappa shape index (κ1) is 36.4. The van der Waals surface area contributed by atoms with Crippen LogP contribution in [0.5, 0.6) is 11.5 Å². The molecular formula is C46H36N2O2S2Zr. The molecule has 0 aliphatic carbocycles. The second-order valence-electron chi connectivity index (χ2n) is 12.8. The van der Waals surface area contributed by atoms with Crippen molar-refractivity contribution in [2.24, 2.45) is 0 Å². The zero-order valence-electron chi connectivity index (χ0n) is 29.9. The molecule has 8 aromatic rings. The molecule has 0 unspecified atom stereocenters. The summed E-state index contributed by atoms with van der Waals surface area (Å²) in [5.74, 6) is -0.00246. The summed E-state index contributed by atoms with van der Waals surface area (Å²) in [6.45, 7) is 4.05. The SMILES string of the molecule is Cc1cc(-c2ccccc2)c([O-])c(-c2ccccc2-c2csc(-c3nc(-c4ccccc4-c4cc(C)cc(-c5ccccc5)c4[O-])cs3)n2)c1.[CH3][Zr+2][CH3]. The molecular weight excluding hydrogens is 768 g/mol. The van der Waals surface area contributed by atoms with Crippen LogP contribution in [0, 0.1) is 13.8 Å². The quantitative estimate of drug-likeness (QED) is 0.161. The molecule has 0 aliphatic rings. The van der Waals surface area contributed by atoms with Gasteiger partial charge in [0, 0.05) is 21.9 Å². The van der Waals surface area contributed by atoms with Gasteiger partial charge in [0.1, 0.15) is 0 Å². The minimum absolute atomic E-state index is 0.00123. The predicted molar refractivity (Wildman–Crippen MR) is 216 cm³/mol. The van der Waals surface area contributed by atoms with E-state index in [1.54, 1.807) is 0 Å². The first-order valence-electron chi connectivity index (χ1n) is 17.3. The summed E-state index contributed by atoms with van der Waals surface area (Å²) in [6.07, 6.45) is 0. The van der Waals surface area contributed by atoms with Crippen LogP contribution in [-0.4, -0.2) is 9.97 Å². The van der Waals surface area contributed by atoms with Crippen LogP contribution in [0.25, 0.3) is 77.0 Å². The molecule has 0 amide bonds. The van der Waals surface area contributed by atoms with Gasteiger partial charge in [0.25, 0.3) is 0 Å². The fraction of sp³-hybridized carbons (Fsp3) is 0.0870. The van der Waals surface area contributed by atoms with Gasteiger partial charge >= 0.3 is 32.5 Å². The molecule has 4 nitrogen and oxygen atoms in total. The zero-order valence-corrected chi connectivity index (χ0v) is 34.0. The fourth-order valence-electron chi connectivity index (χ4n) is 6.48. The van der Waals surface area contributed by atoms with Gasteiger partial charge in [-0.25, -0.2) is 9.97 Å². The van der Waals surface area contributed by atoms with E-state index in [-0.39, 0.29) is 34.7 Å². The molecule has 0 atom stereocenters. The maximum atomic E-state index is 13.9. The first-order valence-corrected chi connectivity index (χ1v) is 24.0. The molecule has 0 fully saturated rings. The van der Waals surface area contributed by atoms with Crippen molar-refractivity contribution in [2.75, 3.05) is 0 Å². The fourth-order valence-corrected chi connectivity index (χ4v) is 8.17. The summed E-state index contributed by atoms with van der Waals surface area (Å²) < 4.78 is 4.59. The zero-order chi connectivity index (χ0) is 36.9. The number of benzene rings is 6. The number of aromatic nitrogens is 2. The van der Waals surface area contributed by atoms with Gasteiger partial charge in [-0.2, -0.15) is 0 Å². The standard InChI is InChI=1S/C44H32N2O2S2.2CH3.Zr/c1-27-21-35(29-13-5-3-6-14-29)41(47)37(23-27)31-17-9-11-19-33(31)39-25-49-43(45-39)44-46-40(26-50-44)34-20-12-10-18-32(34)38-24-28(2)22-36(42(38)48)30-15-7-4-8-16-30;;;/h3-26,47-48H,1-2H3;2*1H3;/q;;;+2/p-2. The molecule has 2 aromatic heterocycles. The molecule has 0 aliphatic heterocycles. The van der Waals surface area contributed by atoms with Gasteiger partial charge in [-0.3, -0.25) is 0 Å². The predicted octanol–water partition coefficient (Wildman–Crippen LogP) is 12.2. The van der Waals surface area contributed by atoms with Crippen LogP contribution in [0.15, 0.2) is 144 Å². The van der Waals surface area contributed by atoms with E-state index in [1.165, 1.54) is 22.7 Å². The van der Waals surface area contributed by atoms with Crippen LogP contribution < -0.4 is 10.2 Å². The Hall–Kier alpha value is -4.94. The van der Waals surface area contributed by atoms with E-state index in [1.807, 2.05) is 158 Å². The number of nitrogens with zero attached hydrogens (tertiary/aromatic N) is 2. The third kappa shape index (κ3) is 7.75. The Morgan fingerprint density at radius 1 is 0.434 bits per heavy atom. The Labute approximate surface area is 330 Å². The number of rotatable bonds is 7. The van der Waals surface area contributed by atoms with Crippen molar-refractivity contribution >= 4 is 22.7 Å². The molecule has 53 heavy (non-hydrogen) atoms. The van der Waals surface area contributed by atoms with E-state index >= 15 is 0 Å². The summed E-state index contributed by atoms with van der Waals surface area (Å²) in [5, 5.41) is 33.4. The van der Waals surface area contributed by atoms with E-state index in [2.05, 4.69) is 9.26 Å². The third-order valence-corrected chi connectivity index (χ3v) is 10.6. The number of thiazole rings is 2. The van der Waals surface area contributed by atoms with E-state index in [0.717, 1.165) is 65.9 Å². The molecule has 0 saturated carbocycles. The van der Waals surface area contributed by atoms with Crippen molar-refractivity contribution in [1.29, 1.82) is 0 Å². The molecule has 0 N–H and O–H groups in total. The van der Waals surface area contributed by atoms with Crippen molar-refractivity contribution in [2.45, 2.75) is 23.1 Å². The number of hydrogen-bond donors (Lipinski definition) is 0. The van der Waals surface area contributed by atoms with Crippen molar-refractivity contribution in [3.63, 3.8) is 0 Å². The maximum absolute atomic E-state index is 13.9. The Balaban J connectivity index is 0.00000140. The Kier molecular flexibility index (Phi) is 11.3. The van der Waals surface area contributed by atoms with E-state index in [4.69, 9.17) is 9.97 Å². The summed E-state index contributed by atoms with van der Waals surface area (Å²) in [4.78, 5) is 10.1. The van der Waals surface area contributed by atoms with Crippen LogP contribution in [0.2, 0.25) is 9.26 Å². The van der Waals surface area contributed by atoms with Crippen molar-refractivity contribution in [3.8, 4) is 88.5 Å². The van der Waals surface area contributed by atoms with Crippen LogP contribution in [0.4, 0.5) is 0 Å². The van der Waals surface area contributed by atoms with Crippen molar-refractivity contribution in [3.05, 3.63) is 155 Å². The van der Waals surface area contributed by atoms with Crippen LogP contribution in [0.1, 0.15) is 11.1 Å². The molecule has 258 valence electrons. The molecule has 8 rings (SSSR count). The summed E-state index contributed by atoms with van der Waals surface area (Å²) in [5.41, 5.74) is 11.6. The number of aryl methyl sites for hydroxylation is 2. The van der Waals surface area contributed by atoms with Gasteiger partial charge in [0.05, 0.1) is 11.4 Å². The summed E-state index contributed by atoms with van der Waals surface area (Å²) >= 11 is 3.29. The Morgan fingerprint density at radius 3 is 1.13 bits per heavy atom. The molecule has 6 aromatic carbocycles. The monoisotopic (exact) mass is 802 g/mol. The van der Waals surface area contributed by atoms with Gasteiger partial charge in [0.15, 0.2) is 10.0 Å². The molecule has 0 bridgehead atoms. The summed E-state index contributed by atoms with van der Waals surface area (Å²) in [6, 6.07) is 43.4. The van der Waals surface area contributed by atoms with Crippen molar-refractivity contribution < 1.29 is 33.4 Å². The average molecular weight is 804 g/mol. The van der Waals surface area contributed by atoms with E-state index < -0.39 is 0 Å². The first-order chi connectivity index (χ1) is 25.9. The van der Waals surface area contributed by atoms with Crippen LogP contribution in [-0.2, 0) is 23.2 Å². The Bertz CT molecular complexity index is 2330. The van der Waals surface area contributed by atoms with Gasteiger partial charge < -0.3 is 10.2 Å². The normalized spacial score (nSPS) is 10.7. The minimum atomic E-state index is -0.00123. The second-order valence-corrected chi connectivity index (χ2v) is 17.0. The second kappa shape index (κ2) is 16.4. The molecule has 0 radical (unpaired) electrons. The van der Waals surface area contributed by atoms with Gasteiger partial charge in [-0.1, -0.05) is 145 Å². The number of hydrogen-bond acceptors (Lipinski definition) is 6. The molecule has 0 spiro atoms. The van der Waals surface area contributed by atoms with Gasteiger partial charge in [-0.15, -0.1) is 22.7 Å². The average Bonchev–Trinajstić information content (AvgIpc) is 3.89. The summed E-state index contributed by atoms with van der Waals surface area (Å²) in [7, 11) is 0. The Morgan fingerprint density at radius 2 is 0.755 bits per heavy atom. The molecule has 0 saturated heterocycles. The van der Waals surface area contributed by atoms with Crippen molar-refractivity contribution in [1.82, 2.24) is 9.97 Å². The van der Waals surface area contributed by atoms with Crippen LogP contribution in [0.3, 0.4) is 0 Å². The van der Waals surface area contributed by atoms with Gasteiger partial charge in [-0.05, 0) is 69.5 Å². The molecule has 2 heterocycles. The molecule has 7 heteroatoms. The van der Waals surface area contributed by atoms with E-state index in [0.29, 0.717) is 22.3 Å². The topological polar surface area (TPSA) is 71.9 Å². The van der Waals surface area contributed by atoms with E-state index in [9.17, 15) is 10.2 Å². The van der Waals surface area contributed by atoms with Crippen LogP contribution >= 0.6 is 22.7 Å². The third-order valence-electron chi connectivity index (χ3n) is 8.81. The van der Waals surface area contributed by atoms with Gasteiger partial charge in [0.2, 0.25) is 0 Å².